The zero-order valence-corrected chi connectivity index (χ0v) is 29.4. The summed E-state index contributed by atoms with van der Waals surface area (Å²) in [6.45, 7) is 0.557. The Morgan fingerprint density at radius 1 is 0.868 bits per heavy atom. The van der Waals surface area contributed by atoms with Gasteiger partial charge in [0.25, 0.3) is 5.91 Å². The molecule has 0 radical (unpaired) electrons. The van der Waals surface area contributed by atoms with Crippen LogP contribution in [0.3, 0.4) is 0 Å². The lowest BCUT2D eigenvalue weighted by atomic mass is 9.93. The maximum Gasteiger partial charge on any atom is 0.322 e. The van der Waals surface area contributed by atoms with Gasteiger partial charge in [-0.15, -0.1) is 0 Å². The zero-order valence-electron chi connectivity index (χ0n) is 29.4. The standard InChI is InChI=1S/C38H43N7O8/c1-23-11-13-26(14-12-23)53-22-35(48)45(2)32(16-25-18-40-30-10-6-4-8-28(25)30)38(52)43-20-34(47)44-31(37(51)42-19-33(46)41-21-36(49)50)15-24-17-39-29-9-5-3-7-27(24)29/h3-14,17,25,31-32,39-40H,15-16,18-22H2,1-2H3,(H,41,46)(H,42,51)(H,43,52)(H,44,47)(H,49,50)/t25?,31-,32-/m0/s1. The number of carbonyl (C=O) groups excluding carboxylic acids is 5. The molecule has 2 heterocycles. The molecule has 15 nitrogen and oxygen atoms in total. The van der Waals surface area contributed by atoms with E-state index in [1.165, 1.54) is 11.9 Å². The van der Waals surface area contributed by atoms with Crippen LogP contribution in [-0.4, -0.2) is 102 Å². The van der Waals surface area contributed by atoms with E-state index in [-0.39, 0.29) is 25.4 Å². The molecule has 15 heteroatoms. The first kappa shape index (κ1) is 37.9. The van der Waals surface area contributed by atoms with Gasteiger partial charge in [0.15, 0.2) is 6.61 Å². The van der Waals surface area contributed by atoms with E-state index >= 15 is 0 Å². The van der Waals surface area contributed by atoms with Crippen LogP contribution in [0.5, 0.6) is 5.75 Å². The minimum Gasteiger partial charge on any atom is -0.484 e. The van der Waals surface area contributed by atoms with E-state index in [1.807, 2.05) is 67.6 Å². The van der Waals surface area contributed by atoms with Crippen molar-refractivity contribution in [3.8, 4) is 5.75 Å². The van der Waals surface area contributed by atoms with E-state index in [4.69, 9.17) is 9.84 Å². The van der Waals surface area contributed by atoms with Crippen LogP contribution in [0.15, 0.2) is 79.0 Å². The molecule has 5 rings (SSSR count). The SMILES string of the molecule is Cc1ccc(OCC(=O)N(C)[C@@H](CC2CNc3ccccc32)C(=O)NCC(=O)N[C@@H](Cc2c[nH]c3ccccc23)C(=O)NCC(=O)NCC(=O)O)cc1. The number of H-pyrrole nitrogens is 1. The van der Waals surface area contributed by atoms with Crippen molar-refractivity contribution < 1.29 is 38.6 Å². The highest BCUT2D eigenvalue weighted by atomic mass is 16.5. The maximum atomic E-state index is 13.8. The van der Waals surface area contributed by atoms with Crippen LogP contribution in [0, 0.1) is 6.92 Å². The third-order valence-electron chi connectivity index (χ3n) is 9.03. The fourth-order valence-corrected chi connectivity index (χ4v) is 6.12. The molecule has 0 saturated carbocycles. The number of nitrogens with zero attached hydrogens (tertiary/aromatic N) is 1. The molecular formula is C38H43N7O8. The number of aliphatic carboxylic acids is 1. The number of aromatic amines is 1. The minimum atomic E-state index is -1.24. The summed E-state index contributed by atoms with van der Waals surface area (Å²) in [7, 11) is 1.52. The summed E-state index contributed by atoms with van der Waals surface area (Å²) in [5.41, 5.74) is 4.55. The predicted molar refractivity (Wildman–Crippen MR) is 196 cm³/mol. The van der Waals surface area contributed by atoms with Gasteiger partial charge in [-0.2, -0.15) is 0 Å². The lowest BCUT2D eigenvalue weighted by molar-refractivity contribution is -0.141. The quantitative estimate of drug-likeness (QED) is 0.0839. The number of aromatic nitrogens is 1. The fraction of sp³-hybridized carbons (Fsp3) is 0.316. The van der Waals surface area contributed by atoms with Crippen LogP contribution in [-0.2, 0) is 35.2 Å². The van der Waals surface area contributed by atoms with Gasteiger partial charge in [0.1, 0.15) is 24.4 Å². The summed E-state index contributed by atoms with van der Waals surface area (Å²) in [5, 5.41) is 22.9. The van der Waals surface area contributed by atoms with Crippen LogP contribution in [0.4, 0.5) is 5.69 Å². The number of aryl methyl sites for hydroxylation is 1. The van der Waals surface area contributed by atoms with Gasteiger partial charge in [0.05, 0.1) is 13.1 Å². The number of hydrogen-bond donors (Lipinski definition) is 7. The molecule has 0 saturated heterocycles. The normalized spacial score (nSPS) is 14.2. The van der Waals surface area contributed by atoms with Gasteiger partial charge < -0.3 is 46.3 Å². The highest BCUT2D eigenvalue weighted by Gasteiger charge is 2.33. The maximum absolute atomic E-state index is 13.8. The molecule has 3 aromatic carbocycles. The molecule has 53 heavy (non-hydrogen) atoms. The molecule has 278 valence electrons. The van der Waals surface area contributed by atoms with Crippen molar-refractivity contribution in [1.29, 1.82) is 0 Å². The van der Waals surface area contributed by atoms with Gasteiger partial charge in [-0.1, -0.05) is 54.1 Å². The average Bonchev–Trinajstić information content (AvgIpc) is 3.77. The van der Waals surface area contributed by atoms with Gasteiger partial charge >= 0.3 is 5.97 Å². The molecule has 1 aromatic heterocycles. The van der Waals surface area contributed by atoms with E-state index in [9.17, 15) is 28.8 Å². The van der Waals surface area contributed by atoms with Crippen LogP contribution in [0.25, 0.3) is 10.9 Å². The molecule has 0 bridgehead atoms. The van der Waals surface area contributed by atoms with Crippen molar-refractivity contribution >= 4 is 52.1 Å². The van der Waals surface area contributed by atoms with E-state index in [0.29, 0.717) is 12.3 Å². The number of carbonyl (C=O) groups is 6. The molecule has 0 fully saturated rings. The topological polar surface area (TPSA) is 211 Å². The Labute approximate surface area is 305 Å². The van der Waals surface area contributed by atoms with E-state index in [1.54, 1.807) is 18.3 Å². The van der Waals surface area contributed by atoms with E-state index in [2.05, 4.69) is 31.6 Å². The van der Waals surface area contributed by atoms with Gasteiger partial charge in [0.2, 0.25) is 23.6 Å². The van der Waals surface area contributed by atoms with Crippen molar-refractivity contribution in [3.63, 3.8) is 0 Å². The van der Waals surface area contributed by atoms with Gasteiger partial charge in [0, 0.05) is 48.7 Å². The molecular weight excluding hydrogens is 682 g/mol. The predicted octanol–water partition coefficient (Wildman–Crippen LogP) is 1.44. The largest absolute Gasteiger partial charge is 0.484 e. The lowest BCUT2D eigenvalue weighted by Gasteiger charge is -2.29. The minimum absolute atomic E-state index is 0.0429. The molecule has 1 unspecified atom stereocenters. The third kappa shape index (κ3) is 10.3. The molecule has 5 amide bonds. The Morgan fingerprint density at radius 3 is 2.34 bits per heavy atom. The molecule has 1 aliphatic heterocycles. The first-order valence-electron chi connectivity index (χ1n) is 17.1. The first-order valence-corrected chi connectivity index (χ1v) is 17.1. The second-order valence-electron chi connectivity index (χ2n) is 12.8. The summed E-state index contributed by atoms with van der Waals surface area (Å²) in [6, 6.07) is 20.3. The summed E-state index contributed by atoms with van der Waals surface area (Å²) in [5.74, 6) is -3.92. The number of amides is 5. The van der Waals surface area contributed by atoms with Crippen molar-refractivity contribution in [2.24, 2.45) is 0 Å². The summed E-state index contributed by atoms with van der Waals surface area (Å²) < 4.78 is 5.70. The summed E-state index contributed by atoms with van der Waals surface area (Å²) >= 11 is 0. The number of anilines is 1. The fourth-order valence-electron chi connectivity index (χ4n) is 6.12. The molecule has 4 aromatic rings. The summed E-state index contributed by atoms with van der Waals surface area (Å²) in [6.07, 6.45) is 2.02. The zero-order chi connectivity index (χ0) is 37.9. The Balaban J connectivity index is 1.26. The van der Waals surface area contributed by atoms with Gasteiger partial charge in [-0.25, -0.2) is 0 Å². The number of nitrogens with one attached hydrogen (secondary N) is 6. The molecule has 3 atom stereocenters. The van der Waals surface area contributed by atoms with Crippen LogP contribution in [0.1, 0.15) is 29.0 Å². The molecule has 0 spiro atoms. The number of fused-ring (bicyclic) bond motifs is 2. The number of para-hydroxylation sites is 2. The Morgan fingerprint density at radius 2 is 1.57 bits per heavy atom. The number of carboxylic acid groups (broad SMARTS) is 1. The molecule has 0 aliphatic carbocycles. The average molecular weight is 726 g/mol. The monoisotopic (exact) mass is 725 g/mol. The second-order valence-corrected chi connectivity index (χ2v) is 12.8. The number of ether oxygens (including phenoxy) is 1. The molecule has 1 aliphatic rings. The highest BCUT2D eigenvalue weighted by molar-refractivity contribution is 5.94. The summed E-state index contributed by atoms with van der Waals surface area (Å²) in [4.78, 5) is 81.1. The number of hydrogen-bond acceptors (Lipinski definition) is 8. The van der Waals surface area contributed by atoms with Crippen molar-refractivity contribution in [1.82, 2.24) is 31.2 Å². The molecule has 7 N–H and O–H groups in total. The van der Waals surface area contributed by atoms with Crippen LogP contribution < -0.4 is 31.3 Å². The van der Waals surface area contributed by atoms with Crippen LogP contribution in [0.2, 0.25) is 0 Å². The number of rotatable bonds is 17. The van der Waals surface area contributed by atoms with Gasteiger partial charge in [-0.05, 0) is 48.7 Å². The second kappa shape index (κ2) is 17.7. The first-order chi connectivity index (χ1) is 25.5. The lowest BCUT2D eigenvalue weighted by Crippen LogP contribution is -2.54. The number of carboxylic acids is 1. The van der Waals surface area contributed by atoms with Crippen molar-refractivity contribution in [3.05, 3.63) is 95.7 Å². The number of likely N-dealkylation sites (N-methyl/N-ethyl adjacent to an activating group) is 1. The van der Waals surface area contributed by atoms with Gasteiger partial charge in [-0.3, -0.25) is 28.8 Å². The Hall–Kier alpha value is -6.38. The smallest absolute Gasteiger partial charge is 0.322 e. The van der Waals surface area contributed by atoms with E-state index in [0.717, 1.165) is 33.3 Å². The third-order valence-corrected chi connectivity index (χ3v) is 9.03. The van der Waals surface area contributed by atoms with Crippen LogP contribution >= 0.6 is 0 Å². The highest BCUT2D eigenvalue weighted by Crippen LogP contribution is 2.34. The van der Waals surface area contributed by atoms with Crippen molar-refractivity contribution in [2.45, 2.75) is 37.8 Å². The Bertz CT molecular complexity index is 1960. The van der Waals surface area contributed by atoms with E-state index < -0.39 is 67.2 Å². The van der Waals surface area contributed by atoms with Crippen molar-refractivity contribution in [2.75, 3.05) is 45.2 Å². The number of benzene rings is 3. The Kier molecular flexibility index (Phi) is 12.7.